The Labute approximate surface area is 302 Å². The monoisotopic (exact) mass is 672 g/mol. The van der Waals surface area contributed by atoms with Crippen LogP contribution in [0, 0.1) is 0 Å². The topological polar surface area (TPSA) is 32.8 Å². The lowest BCUT2D eigenvalue weighted by Crippen LogP contribution is -2.30. The fourth-order valence-electron chi connectivity index (χ4n) is 9.19. The summed E-state index contributed by atoms with van der Waals surface area (Å²) in [4.78, 5) is 4.79. The normalized spacial score (nSPS) is 15.5. The van der Waals surface area contributed by atoms with Gasteiger partial charge in [-0.2, -0.15) is 0 Å². The first kappa shape index (κ1) is 29.5. The molecule has 0 spiro atoms. The van der Waals surface area contributed by atoms with Crippen LogP contribution in [0.4, 0.5) is 34.1 Å². The predicted octanol–water partition coefficient (Wildman–Crippen LogP) is 13.7. The molecule has 9 aromatic rings. The van der Waals surface area contributed by atoms with Crippen molar-refractivity contribution < 1.29 is 8.83 Å². The van der Waals surface area contributed by atoms with Gasteiger partial charge in [-0.1, -0.05) is 100 Å². The van der Waals surface area contributed by atoms with Crippen LogP contribution in [0.5, 0.6) is 0 Å². The Hall–Kier alpha value is -6.26. The van der Waals surface area contributed by atoms with Crippen LogP contribution in [0.2, 0.25) is 0 Å². The molecule has 2 aliphatic heterocycles. The van der Waals surface area contributed by atoms with Crippen molar-refractivity contribution in [2.24, 2.45) is 0 Å². The standard InChI is InChI=1S/C48H36N2O2/c1-47(2)35-13-5-9-17-39(35)49(40-18-10-6-14-36(40)47)29-21-23-43-31(25-29)33-27-46-34(28-45(33)51-43)32-26-30(22-24-44(32)52-46)50-41-19-11-7-15-37(41)48(3,4)38-16-8-12-20-42(38)50/h5-28H,1-4H3. The number of fused-ring (bicyclic) bond motifs is 10. The Morgan fingerprint density at radius 2 is 0.654 bits per heavy atom. The molecule has 4 heterocycles. The highest BCUT2D eigenvalue weighted by Crippen LogP contribution is 2.54. The molecule has 4 heteroatoms. The molecule has 11 rings (SSSR count). The van der Waals surface area contributed by atoms with Gasteiger partial charge in [0.05, 0.1) is 22.7 Å². The van der Waals surface area contributed by atoms with E-state index in [2.05, 4.69) is 183 Å². The average Bonchev–Trinajstić information content (AvgIpc) is 3.71. The number of hydrogen-bond acceptors (Lipinski definition) is 4. The van der Waals surface area contributed by atoms with E-state index in [-0.39, 0.29) is 10.8 Å². The van der Waals surface area contributed by atoms with Gasteiger partial charge in [0.25, 0.3) is 0 Å². The lowest BCUT2D eigenvalue weighted by atomic mass is 9.73. The number of benzene rings is 7. The molecule has 7 aromatic carbocycles. The van der Waals surface area contributed by atoms with Crippen LogP contribution < -0.4 is 9.80 Å². The van der Waals surface area contributed by atoms with Crippen molar-refractivity contribution >= 4 is 78.0 Å². The van der Waals surface area contributed by atoms with Crippen LogP contribution in [-0.2, 0) is 10.8 Å². The molecule has 0 atom stereocenters. The third-order valence-electron chi connectivity index (χ3n) is 11.8. The molecular formula is C48H36N2O2. The van der Waals surface area contributed by atoms with E-state index in [9.17, 15) is 0 Å². The Kier molecular flexibility index (Phi) is 5.76. The van der Waals surface area contributed by atoms with Crippen molar-refractivity contribution in [2.75, 3.05) is 9.80 Å². The van der Waals surface area contributed by atoms with E-state index in [4.69, 9.17) is 8.83 Å². The minimum absolute atomic E-state index is 0.111. The third-order valence-corrected chi connectivity index (χ3v) is 11.8. The number of furan rings is 2. The molecule has 0 N–H and O–H groups in total. The van der Waals surface area contributed by atoms with Crippen molar-refractivity contribution in [3.8, 4) is 0 Å². The molecule has 0 radical (unpaired) electrons. The fourth-order valence-corrected chi connectivity index (χ4v) is 9.19. The van der Waals surface area contributed by atoms with Gasteiger partial charge < -0.3 is 18.6 Å². The van der Waals surface area contributed by atoms with Gasteiger partial charge in [-0.05, 0) is 95.1 Å². The Morgan fingerprint density at radius 3 is 1.00 bits per heavy atom. The number of anilines is 6. The highest BCUT2D eigenvalue weighted by Gasteiger charge is 2.38. The fraction of sp³-hybridized carbons (Fsp3) is 0.125. The highest BCUT2D eigenvalue weighted by molar-refractivity contribution is 6.16. The van der Waals surface area contributed by atoms with E-state index < -0.39 is 0 Å². The molecule has 0 unspecified atom stereocenters. The van der Waals surface area contributed by atoms with Gasteiger partial charge in [0, 0.05) is 43.7 Å². The Bertz CT molecular complexity index is 2640. The molecule has 0 fully saturated rings. The Balaban J connectivity index is 1.07. The zero-order valence-corrected chi connectivity index (χ0v) is 29.6. The molecular weight excluding hydrogens is 637 g/mol. The number of rotatable bonds is 2. The van der Waals surface area contributed by atoms with Crippen molar-refractivity contribution in [1.82, 2.24) is 0 Å². The highest BCUT2D eigenvalue weighted by atomic mass is 16.3. The summed E-state index contributed by atoms with van der Waals surface area (Å²) in [5, 5.41) is 4.23. The quantitative estimate of drug-likeness (QED) is 0.183. The molecule has 0 saturated carbocycles. The first-order valence-corrected chi connectivity index (χ1v) is 18.1. The number of nitrogens with zero attached hydrogens (tertiary/aromatic N) is 2. The van der Waals surface area contributed by atoms with Crippen LogP contribution in [0.15, 0.2) is 154 Å². The van der Waals surface area contributed by atoms with Gasteiger partial charge in [-0.3, -0.25) is 0 Å². The largest absolute Gasteiger partial charge is 0.456 e. The molecule has 0 bridgehead atoms. The van der Waals surface area contributed by atoms with Crippen molar-refractivity contribution in [3.05, 3.63) is 168 Å². The number of para-hydroxylation sites is 4. The van der Waals surface area contributed by atoms with E-state index in [0.29, 0.717) is 0 Å². The van der Waals surface area contributed by atoms with Crippen molar-refractivity contribution in [3.63, 3.8) is 0 Å². The van der Waals surface area contributed by atoms with Crippen LogP contribution >= 0.6 is 0 Å². The van der Waals surface area contributed by atoms with Gasteiger partial charge in [-0.25, -0.2) is 0 Å². The second-order valence-electron chi connectivity index (χ2n) is 15.4. The molecule has 4 nitrogen and oxygen atoms in total. The second-order valence-corrected chi connectivity index (χ2v) is 15.4. The summed E-state index contributed by atoms with van der Waals surface area (Å²) in [5.41, 5.74) is 15.5. The summed E-state index contributed by atoms with van der Waals surface area (Å²) in [6.07, 6.45) is 0. The zero-order chi connectivity index (χ0) is 34.9. The summed E-state index contributed by atoms with van der Waals surface area (Å²) in [7, 11) is 0. The molecule has 250 valence electrons. The average molecular weight is 673 g/mol. The van der Waals surface area contributed by atoms with Crippen LogP contribution in [-0.4, -0.2) is 0 Å². The van der Waals surface area contributed by atoms with Gasteiger partial charge in [0.15, 0.2) is 0 Å². The maximum atomic E-state index is 6.59. The van der Waals surface area contributed by atoms with E-state index in [1.165, 1.54) is 45.0 Å². The SMILES string of the molecule is CC1(C)c2ccccc2N(c2ccc3oc4cc5c(cc4c3c2)oc2ccc(N3c4ccccc4C(C)(C)c4ccccc43)cc25)c2ccccc21. The number of hydrogen-bond donors (Lipinski definition) is 0. The van der Waals surface area contributed by atoms with E-state index in [1.807, 2.05) is 0 Å². The Morgan fingerprint density at radius 1 is 0.346 bits per heavy atom. The summed E-state index contributed by atoms with van der Waals surface area (Å²) < 4.78 is 13.2. The van der Waals surface area contributed by atoms with Crippen LogP contribution in [0.3, 0.4) is 0 Å². The molecule has 2 aromatic heterocycles. The summed E-state index contributed by atoms with van der Waals surface area (Å²) in [6.45, 7) is 9.28. The first-order valence-electron chi connectivity index (χ1n) is 18.1. The van der Waals surface area contributed by atoms with E-state index >= 15 is 0 Å². The van der Waals surface area contributed by atoms with Crippen LogP contribution in [0.25, 0.3) is 43.9 Å². The van der Waals surface area contributed by atoms with Gasteiger partial charge in [-0.15, -0.1) is 0 Å². The maximum Gasteiger partial charge on any atom is 0.136 e. The maximum absolute atomic E-state index is 6.59. The van der Waals surface area contributed by atoms with E-state index in [0.717, 1.165) is 55.3 Å². The van der Waals surface area contributed by atoms with E-state index in [1.54, 1.807) is 0 Å². The van der Waals surface area contributed by atoms with Crippen molar-refractivity contribution in [1.29, 1.82) is 0 Å². The van der Waals surface area contributed by atoms with Gasteiger partial charge in [0.1, 0.15) is 22.3 Å². The zero-order valence-electron chi connectivity index (χ0n) is 29.6. The van der Waals surface area contributed by atoms with Crippen molar-refractivity contribution in [2.45, 2.75) is 38.5 Å². The molecule has 0 saturated heterocycles. The molecule has 2 aliphatic rings. The first-order chi connectivity index (χ1) is 25.3. The van der Waals surface area contributed by atoms with Gasteiger partial charge >= 0.3 is 0 Å². The molecule has 0 amide bonds. The summed E-state index contributed by atoms with van der Waals surface area (Å²) in [5.74, 6) is 0. The summed E-state index contributed by atoms with van der Waals surface area (Å²) in [6, 6.07) is 52.5. The molecule has 52 heavy (non-hydrogen) atoms. The minimum atomic E-state index is -0.111. The third kappa shape index (κ3) is 3.87. The second kappa shape index (κ2) is 10.2. The minimum Gasteiger partial charge on any atom is -0.456 e. The lowest BCUT2D eigenvalue weighted by Gasteiger charge is -2.42. The van der Waals surface area contributed by atoms with Crippen LogP contribution in [0.1, 0.15) is 49.9 Å². The smallest absolute Gasteiger partial charge is 0.136 e. The molecule has 0 aliphatic carbocycles. The lowest BCUT2D eigenvalue weighted by molar-refractivity contribution is 0.631. The predicted molar refractivity (Wildman–Crippen MR) is 215 cm³/mol. The van der Waals surface area contributed by atoms with Gasteiger partial charge in [0.2, 0.25) is 0 Å². The summed E-state index contributed by atoms with van der Waals surface area (Å²) >= 11 is 0.